The molecule has 0 aliphatic carbocycles. The Morgan fingerprint density at radius 2 is 1.49 bits per heavy atom. The van der Waals surface area contributed by atoms with Crippen molar-refractivity contribution in [2.45, 2.75) is 6.42 Å². The highest BCUT2D eigenvalue weighted by Gasteiger charge is 2.17. The summed E-state index contributed by atoms with van der Waals surface area (Å²) >= 11 is 0. The van der Waals surface area contributed by atoms with Crippen molar-refractivity contribution >= 4 is 28.9 Å². The smallest absolute Gasteiger partial charge is 0.255 e. The highest BCUT2D eigenvalue weighted by Crippen LogP contribution is 2.32. The standard InChI is InChI=1S/C27H30N4O4/c1-30-15-4-16-31(18-17-30)21-11-7-19(8-12-21)27(34)29-25-23(5-3-6-24(25)32)28-26(33)20-9-13-22(35-2)14-10-20/h3,5-14,32H,4,15-18H2,1-2H3,(H,28,33)(H,29,34). The molecule has 0 bridgehead atoms. The zero-order valence-electron chi connectivity index (χ0n) is 20.0. The number of nitrogens with one attached hydrogen (secondary N) is 2. The van der Waals surface area contributed by atoms with E-state index in [0.717, 1.165) is 38.3 Å². The van der Waals surface area contributed by atoms with Gasteiger partial charge in [-0.3, -0.25) is 9.59 Å². The molecule has 182 valence electrons. The average molecular weight is 475 g/mol. The van der Waals surface area contributed by atoms with Crippen LogP contribution >= 0.6 is 0 Å². The molecular weight excluding hydrogens is 444 g/mol. The van der Waals surface area contributed by atoms with Crippen LogP contribution in [-0.2, 0) is 0 Å². The van der Waals surface area contributed by atoms with E-state index in [-0.39, 0.29) is 23.3 Å². The number of methoxy groups -OCH3 is 1. The number of ether oxygens (including phenoxy) is 1. The minimum Gasteiger partial charge on any atom is -0.506 e. The first-order chi connectivity index (χ1) is 16.9. The van der Waals surface area contributed by atoms with Crippen molar-refractivity contribution in [1.82, 2.24) is 4.90 Å². The molecule has 1 saturated heterocycles. The molecule has 0 aromatic heterocycles. The number of aromatic hydroxyl groups is 1. The maximum Gasteiger partial charge on any atom is 0.255 e. The molecule has 0 spiro atoms. The number of phenols is 1. The molecule has 8 heteroatoms. The summed E-state index contributed by atoms with van der Waals surface area (Å²) in [4.78, 5) is 30.3. The highest BCUT2D eigenvalue weighted by molar-refractivity contribution is 6.11. The summed E-state index contributed by atoms with van der Waals surface area (Å²) in [6, 6.07) is 18.8. The Morgan fingerprint density at radius 1 is 0.829 bits per heavy atom. The highest BCUT2D eigenvalue weighted by atomic mass is 16.5. The number of phenolic OH excluding ortho intramolecular Hbond substituents is 1. The van der Waals surface area contributed by atoms with E-state index in [1.165, 1.54) is 6.07 Å². The monoisotopic (exact) mass is 474 g/mol. The summed E-state index contributed by atoms with van der Waals surface area (Å²) in [5.74, 6) is -0.257. The van der Waals surface area contributed by atoms with Crippen LogP contribution in [0.2, 0.25) is 0 Å². The molecule has 3 N–H and O–H groups in total. The lowest BCUT2D eigenvalue weighted by atomic mass is 10.1. The normalized spacial score (nSPS) is 14.2. The van der Waals surface area contributed by atoms with Gasteiger partial charge < -0.3 is 30.3 Å². The fraction of sp³-hybridized carbons (Fsp3) is 0.259. The number of anilines is 3. The van der Waals surface area contributed by atoms with E-state index in [1.807, 2.05) is 12.1 Å². The van der Waals surface area contributed by atoms with Crippen molar-refractivity contribution in [3.63, 3.8) is 0 Å². The summed E-state index contributed by atoms with van der Waals surface area (Å²) in [6.45, 7) is 4.00. The first-order valence-electron chi connectivity index (χ1n) is 11.6. The van der Waals surface area contributed by atoms with Gasteiger partial charge in [-0.05, 0) is 80.7 Å². The van der Waals surface area contributed by atoms with Crippen LogP contribution in [0, 0.1) is 0 Å². The second-order valence-corrected chi connectivity index (χ2v) is 8.53. The van der Waals surface area contributed by atoms with Crippen LogP contribution in [0.15, 0.2) is 66.7 Å². The van der Waals surface area contributed by atoms with Crippen LogP contribution in [-0.4, -0.2) is 62.2 Å². The number of nitrogens with zero attached hydrogens (tertiary/aromatic N) is 2. The third-order valence-corrected chi connectivity index (χ3v) is 6.10. The van der Waals surface area contributed by atoms with Gasteiger partial charge in [-0.2, -0.15) is 0 Å². The molecule has 3 aromatic rings. The van der Waals surface area contributed by atoms with E-state index in [9.17, 15) is 14.7 Å². The van der Waals surface area contributed by atoms with Crippen LogP contribution in [0.4, 0.5) is 17.1 Å². The predicted molar refractivity (Wildman–Crippen MR) is 138 cm³/mol. The van der Waals surface area contributed by atoms with E-state index in [2.05, 4.69) is 27.5 Å². The average Bonchev–Trinajstić information content (AvgIpc) is 3.10. The first-order valence-corrected chi connectivity index (χ1v) is 11.6. The lowest BCUT2D eigenvalue weighted by molar-refractivity contribution is 0.101. The molecule has 0 unspecified atom stereocenters. The minimum absolute atomic E-state index is 0.138. The third-order valence-electron chi connectivity index (χ3n) is 6.10. The van der Waals surface area contributed by atoms with Crippen LogP contribution in [0.25, 0.3) is 0 Å². The van der Waals surface area contributed by atoms with Crippen molar-refractivity contribution in [3.8, 4) is 11.5 Å². The SMILES string of the molecule is COc1ccc(C(=O)Nc2cccc(O)c2NC(=O)c2ccc(N3CCCN(C)CC3)cc2)cc1. The number of hydrogen-bond acceptors (Lipinski definition) is 6. The van der Waals surface area contributed by atoms with Gasteiger partial charge in [-0.25, -0.2) is 0 Å². The summed E-state index contributed by atoms with van der Waals surface area (Å²) < 4.78 is 5.12. The lowest BCUT2D eigenvalue weighted by Crippen LogP contribution is -2.28. The second-order valence-electron chi connectivity index (χ2n) is 8.53. The van der Waals surface area contributed by atoms with E-state index >= 15 is 0 Å². The molecule has 4 rings (SSSR count). The van der Waals surface area contributed by atoms with Gasteiger partial charge in [0.25, 0.3) is 11.8 Å². The molecule has 2 amide bonds. The van der Waals surface area contributed by atoms with Gasteiger partial charge in [0.2, 0.25) is 0 Å². The first kappa shape index (κ1) is 24.1. The summed E-state index contributed by atoms with van der Waals surface area (Å²) in [6.07, 6.45) is 1.09. The molecule has 8 nitrogen and oxygen atoms in total. The Kier molecular flexibility index (Phi) is 7.52. The number of likely N-dealkylation sites (N-methyl/N-ethyl adjacent to an activating group) is 1. The molecule has 35 heavy (non-hydrogen) atoms. The van der Waals surface area contributed by atoms with Crippen LogP contribution in [0.1, 0.15) is 27.1 Å². The Hall–Kier alpha value is -4.04. The van der Waals surface area contributed by atoms with Crippen molar-refractivity contribution in [3.05, 3.63) is 77.9 Å². The van der Waals surface area contributed by atoms with E-state index < -0.39 is 0 Å². The molecule has 3 aromatic carbocycles. The van der Waals surface area contributed by atoms with E-state index in [4.69, 9.17) is 4.74 Å². The van der Waals surface area contributed by atoms with Gasteiger partial charge in [-0.1, -0.05) is 6.07 Å². The molecule has 1 heterocycles. The summed E-state index contributed by atoms with van der Waals surface area (Å²) in [5, 5.41) is 15.9. The van der Waals surface area contributed by atoms with Gasteiger partial charge >= 0.3 is 0 Å². The van der Waals surface area contributed by atoms with Crippen LogP contribution < -0.4 is 20.3 Å². The number of amides is 2. The van der Waals surface area contributed by atoms with Crippen molar-refractivity contribution < 1.29 is 19.4 Å². The number of carbonyl (C=O) groups excluding carboxylic acids is 2. The van der Waals surface area contributed by atoms with Gasteiger partial charge in [0.15, 0.2) is 0 Å². The number of carbonyl (C=O) groups is 2. The fourth-order valence-corrected chi connectivity index (χ4v) is 4.03. The zero-order chi connectivity index (χ0) is 24.8. The van der Waals surface area contributed by atoms with Crippen molar-refractivity contribution in [2.24, 2.45) is 0 Å². The number of rotatable bonds is 6. The predicted octanol–water partition coefficient (Wildman–Crippen LogP) is 4.05. The molecule has 1 fully saturated rings. The lowest BCUT2D eigenvalue weighted by Gasteiger charge is -2.23. The van der Waals surface area contributed by atoms with Gasteiger partial charge in [0, 0.05) is 36.4 Å². The molecular formula is C27H30N4O4. The van der Waals surface area contributed by atoms with E-state index in [1.54, 1.807) is 55.6 Å². The Morgan fingerprint density at radius 3 is 2.17 bits per heavy atom. The maximum atomic E-state index is 13.0. The minimum atomic E-state index is -0.381. The largest absolute Gasteiger partial charge is 0.506 e. The molecule has 0 saturated carbocycles. The second kappa shape index (κ2) is 10.9. The number of benzene rings is 3. The summed E-state index contributed by atoms with van der Waals surface area (Å²) in [5.41, 5.74) is 2.38. The third kappa shape index (κ3) is 5.91. The Labute approximate surface area is 205 Å². The topological polar surface area (TPSA) is 94.1 Å². The van der Waals surface area contributed by atoms with E-state index in [0.29, 0.717) is 22.6 Å². The van der Waals surface area contributed by atoms with Crippen LogP contribution in [0.3, 0.4) is 0 Å². The van der Waals surface area contributed by atoms with Gasteiger partial charge in [0.1, 0.15) is 17.2 Å². The molecule has 1 aliphatic heterocycles. The van der Waals surface area contributed by atoms with Crippen LogP contribution in [0.5, 0.6) is 11.5 Å². The Bertz CT molecular complexity index is 1180. The van der Waals surface area contributed by atoms with Crippen molar-refractivity contribution in [2.75, 3.05) is 55.9 Å². The Balaban J connectivity index is 1.46. The van der Waals surface area contributed by atoms with Gasteiger partial charge in [-0.15, -0.1) is 0 Å². The fourth-order valence-electron chi connectivity index (χ4n) is 4.03. The van der Waals surface area contributed by atoms with Gasteiger partial charge in [0.05, 0.1) is 12.8 Å². The molecule has 1 aliphatic rings. The molecule has 0 radical (unpaired) electrons. The maximum absolute atomic E-state index is 13.0. The quantitative estimate of drug-likeness (QED) is 0.467. The zero-order valence-corrected chi connectivity index (χ0v) is 20.0. The van der Waals surface area contributed by atoms with Crippen molar-refractivity contribution in [1.29, 1.82) is 0 Å². The summed E-state index contributed by atoms with van der Waals surface area (Å²) in [7, 11) is 3.68. The number of hydrogen-bond donors (Lipinski definition) is 3. The molecule has 0 atom stereocenters. The number of para-hydroxylation sites is 1.